The van der Waals surface area contributed by atoms with E-state index in [1.54, 1.807) is 0 Å². The van der Waals surface area contributed by atoms with E-state index < -0.39 is 5.82 Å². The first-order valence-corrected chi connectivity index (χ1v) is 6.09. The van der Waals surface area contributed by atoms with E-state index >= 15 is 0 Å². The van der Waals surface area contributed by atoms with Crippen molar-refractivity contribution < 1.29 is 14.3 Å². The second-order valence-electron chi connectivity index (χ2n) is 4.03. The van der Waals surface area contributed by atoms with Gasteiger partial charge in [0.2, 0.25) is 5.91 Å². The van der Waals surface area contributed by atoms with Crippen molar-refractivity contribution in [3.8, 4) is 11.8 Å². The molecule has 0 aliphatic rings. The molecule has 0 aliphatic carbocycles. The van der Waals surface area contributed by atoms with Crippen LogP contribution in [0.4, 0.5) is 10.1 Å². The molecular formula is C13H12FN5O2. The van der Waals surface area contributed by atoms with Crippen LogP contribution in [0.2, 0.25) is 0 Å². The minimum absolute atomic E-state index is 0.0457. The maximum atomic E-state index is 13.5. The van der Waals surface area contributed by atoms with E-state index in [9.17, 15) is 9.18 Å². The van der Waals surface area contributed by atoms with E-state index in [-0.39, 0.29) is 31.0 Å². The van der Waals surface area contributed by atoms with Crippen LogP contribution >= 0.6 is 0 Å². The van der Waals surface area contributed by atoms with Crippen molar-refractivity contribution in [1.82, 2.24) is 20.2 Å². The highest BCUT2D eigenvalue weighted by Gasteiger charge is 2.06. The molecule has 0 fully saturated rings. The number of nitrogens with one attached hydrogen (secondary N) is 1. The fourth-order valence-electron chi connectivity index (χ4n) is 1.51. The first-order chi connectivity index (χ1) is 10.2. The van der Waals surface area contributed by atoms with Crippen LogP contribution in [0.3, 0.4) is 0 Å². The van der Waals surface area contributed by atoms with Crippen LogP contribution in [0.15, 0.2) is 24.5 Å². The number of aliphatic hydroxyl groups is 1. The number of nitrogens with zero attached hydrogens (tertiary/aromatic N) is 4. The van der Waals surface area contributed by atoms with Crippen LogP contribution in [-0.2, 0) is 11.3 Å². The largest absolute Gasteiger partial charge is 0.395 e. The summed E-state index contributed by atoms with van der Waals surface area (Å²) in [6.07, 6.45) is 1.57. The van der Waals surface area contributed by atoms with Gasteiger partial charge >= 0.3 is 0 Å². The molecular weight excluding hydrogens is 277 g/mol. The van der Waals surface area contributed by atoms with Crippen LogP contribution < -0.4 is 5.32 Å². The predicted molar refractivity (Wildman–Crippen MR) is 71.4 cm³/mol. The number of tetrazole rings is 1. The topological polar surface area (TPSA) is 92.9 Å². The number of halogens is 1. The lowest BCUT2D eigenvalue weighted by atomic mass is 10.2. The lowest BCUT2D eigenvalue weighted by molar-refractivity contribution is -0.116. The maximum Gasteiger partial charge on any atom is 0.246 e. The molecule has 0 saturated carbocycles. The molecule has 1 aromatic carbocycles. The molecule has 0 radical (unpaired) electrons. The van der Waals surface area contributed by atoms with Gasteiger partial charge in [0.05, 0.1) is 12.2 Å². The summed E-state index contributed by atoms with van der Waals surface area (Å²) in [5, 5.41) is 21.6. The summed E-state index contributed by atoms with van der Waals surface area (Å²) in [6.45, 7) is -0.132. The van der Waals surface area contributed by atoms with Gasteiger partial charge in [-0.15, -0.1) is 5.10 Å². The highest BCUT2D eigenvalue weighted by molar-refractivity contribution is 5.90. The molecule has 2 rings (SSSR count). The van der Waals surface area contributed by atoms with Crippen LogP contribution in [0.5, 0.6) is 0 Å². The molecule has 0 saturated heterocycles. The summed E-state index contributed by atoms with van der Waals surface area (Å²) >= 11 is 0. The summed E-state index contributed by atoms with van der Waals surface area (Å²) in [4.78, 5) is 11.7. The Morgan fingerprint density at radius 1 is 1.48 bits per heavy atom. The van der Waals surface area contributed by atoms with Gasteiger partial charge in [-0.3, -0.25) is 4.79 Å². The maximum absolute atomic E-state index is 13.5. The first-order valence-electron chi connectivity index (χ1n) is 6.09. The number of carbonyl (C=O) groups excluding carboxylic acids is 1. The Bertz CT molecular complexity index is 676. The Hall–Kier alpha value is -2.79. The normalized spacial score (nSPS) is 9.81. The molecule has 2 aromatic rings. The Morgan fingerprint density at radius 3 is 3.05 bits per heavy atom. The molecule has 21 heavy (non-hydrogen) atoms. The molecule has 1 heterocycles. The van der Waals surface area contributed by atoms with Gasteiger partial charge in [0, 0.05) is 12.1 Å². The summed E-state index contributed by atoms with van der Waals surface area (Å²) < 4.78 is 14.8. The van der Waals surface area contributed by atoms with Crippen LogP contribution in [0, 0.1) is 17.7 Å². The van der Waals surface area contributed by atoms with Gasteiger partial charge in [0.1, 0.15) is 18.7 Å². The number of rotatable bonds is 4. The monoisotopic (exact) mass is 289 g/mol. The van der Waals surface area contributed by atoms with Crippen molar-refractivity contribution in [2.45, 2.75) is 13.0 Å². The zero-order valence-electron chi connectivity index (χ0n) is 11.0. The Kier molecular flexibility index (Phi) is 4.95. The van der Waals surface area contributed by atoms with Gasteiger partial charge in [-0.1, -0.05) is 11.8 Å². The summed E-state index contributed by atoms with van der Waals surface area (Å²) in [5.74, 6) is 4.39. The molecule has 8 heteroatoms. The average molecular weight is 289 g/mol. The molecule has 108 valence electrons. The smallest absolute Gasteiger partial charge is 0.246 e. The fraction of sp³-hybridized carbons (Fsp3) is 0.231. The average Bonchev–Trinajstić information content (AvgIpc) is 2.95. The van der Waals surface area contributed by atoms with Crippen molar-refractivity contribution in [2.75, 3.05) is 11.9 Å². The third-order valence-electron chi connectivity index (χ3n) is 2.41. The van der Waals surface area contributed by atoms with E-state index in [0.717, 1.165) is 0 Å². The number of benzene rings is 1. The van der Waals surface area contributed by atoms with Crippen molar-refractivity contribution in [3.05, 3.63) is 35.9 Å². The van der Waals surface area contributed by atoms with Gasteiger partial charge < -0.3 is 10.4 Å². The number of anilines is 1. The molecule has 1 amide bonds. The highest BCUT2D eigenvalue weighted by Crippen LogP contribution is 2.14. The van der Waals surface area contributed by atoms with E-state index in [1.165, 1.54) is 29.2 Å². The number of hydrogen-bond donors (Lipinski definition) is 2. The molecule has 2 N–H and O–H groups in total. The number of aromatic nitrogens is 4. The fourth-order valence-corrected chi connectivity index (χ4v) is 1.51. The lowest BCUT2D eigenvalue weighted by Gasteiger charge is -2.05. The van der Waals surface area contributed by atoms with Crippen LogP contribution in [0.25, 0.3) is 0 Å². The Balaban J connectivity index is 2.05. The number of amides is 1. The second-order valence-corrected chi connectivity index (χ2v) is 4.03. The third kappa shape index (κ3) is 4.36. The molecule has 7 nitrogen and oxygen atoms in total. The highest BCUT2D eigenvalue weighted by atomic mass is 19.1. The van der Waals surface area contributed by atoms with E-state index in [0.29, 0.717) is 5.69 Å². The van der Waals surface area contributed by atoms with Crippen molar-refractivity contribution >= 4 is 11.6 Å². The summed E-state index contributed by atoms with van der Waals surface area (Å²) in [7, 11) is 0. The minimum Gasteiger partial charge on any atom is -0.395 e. The van der Waals surface area contributed by atoms with E-state index in [1.807, 2.05) is 0 Å². The molecule has 0 unspecified atom stereocenters. The van der Waals surface area contributed by atoms with Gasteiger partial charge in [-0.2, -0.15) is 0 Å². The Morgan fingerprint density at radius 2 is 2.33 bits per heavy atom. The molecule has 0 spiro atoms. The van der Waals surface area contributed by atoms with E-state index in [2.05, 4.69) is 32.7 Å². The third-order valence-corrected chi connectivity index (χ3v) is 2.41. The molecule has 0 atom stereocenters. The second kappa shape index (κ2) is 7.12. The van der Waals surface area contributed by atoms with Crippen molar-refractivity contribution in [2.24, 2.45) is 0 Å². The summed E-state index contributed by atoms with van der Waals surface area (Å²) in [5.41, 5.74) is 0.575. The van der Waals surface area contributed by atoms with Gasteiger partial charge in [-0.25, -0.2) is 9.07 Å². The summed E-state index contributed by atoms with van der Waals surface area (Å²) in [6, 6.07) is 4.08. The Labute approximate surface area is 119 Å². The number of carbonyl (C=O) groups is 1. The zero-order chi connectivity index (χ0) is 15.1. The van der Waals surface area contributed by atoms with Crippen molar-refractivity contribution in [3.63, 3.8) is 0 Å². The predicted octanol–water partition coefficient (Wildman–Crippen LogP) is 0.185. The van der Waals surface area contributed by atoms with Gasteiger partial charge in [0.25, 0.3) is 0 Å². The van der Waals surface area contributed by atoms with E-state index in [4.69, 9.17) is 5.11 Å². The van der Waals surface area contributed by atoms with Crippen LogP contribution in [-0.4, -0.2) is 37.8 Å². The van der Waals surface area contributed by atoms with Gasteiger partial charge in [-0.05, 0) is 28.6 Å². The molecule has 0 bridgehead atoms. The first kappa shape index (κ1) is 14.6. The SMILES string of the molecule is O=C(Cn1cnnn1)Nc1ccc(F)c(C#CCCO)c1. The quantitative estimate of drug-likeness (QED) is 0.783. The lowest BCUT2D eigenvalue weighted by Crippen LogP contribution is -2.19. The van der Waals surface area contributed by atoms with Gasteiger partial charge in [0.15, 0.2) is 0 Å². The molecule has 1 aromatic heterocycles. The molecule has 0 aliphatic heterocycles. The van der Waals surface area contributed by atoms with Crippen molar-refractivity contribution in [1.29, 1.82) is 0 Å². The zero-order valence-corrected chi connectivity index (χ0v) is 11.0. The number of aliphatic hydroxyl groups excluding tert-OH is 1. The standard InChI is InChI=1S/C13H12FN5O2/c14-12-5-4-11(7-10(12)3-1-2-6-20)16-13(21)8-19-9-15-17-18-19/h4-5,7,9,20H,2,6,8H2,(H,16,21). The minimum atomic E-state index is -0.487. The number of hydrogen-bond acceptors (Lipinski definition) is 5. The van der Waals surface area contributed by atoms with Crippen LogP contribution in [0.1, 0.15) is 12.0 Å².